The highest BCUT2D eigenvalue weighted by atomic mass is 32.2. The Morgan fingerprint density at radius 2 is 2.20 bits per heavy atom. The van der Waals surface area contributed by atoms with E-state index in [1.165, 1.54) is 0 Å². The van der Waals surface area contributed by atoms with Gasteiger partial charge in [-0.25, -0.2) is 8.42 Å². The van der Waals surface area contributed by atoms with E-state index in [0.29, 0.717) is 11.5 Å². The van der Waals surface area contributed by atoms with Crippen LogP contribution in [0.5, 0.6) is 0 Å². The van der Waals surface area contributed by atoms with E-state index in [1.807, 2.05) is 7.05 Å². The zero-order valence-corrected chi connectivity index (χ0v) is 10.5. The van der Waals surface area contributed by atoms with Crippen molar-refractivity contribution in [3.8, 4) is 0 Å². The maximum Gasteiger partial charge on any atom is 0.151 e. The molecule has 0 aromatic heterocycles. The van der Waals surface area contributed by atoms with Crippen LogP contribution in [0, 0.1) is 0 Å². The zero-order valence-electron chi connectivity index (χ0n) is 9.65. The van der Waals surface area contributed by atoms with Gasteiger partial charge in [0.2, 0.25) is 0 Å². The molecule has 2 atom stereocenters. The molecule has 1 aliphatic rings. The van der Waals surface area contributed by atoms with Gasteiger partial charge in [0.05, 0.1) is 11.5 Å². The Morgan fingerprint density at radius 1 is 1.53 bits per heavy atom. The molecule has 0 radical (unpaired) electrons. The molecule has 2 unspecified atom stereocenters. The Kier molecular flexibility index (Phi) is 4.55. The number of hydrogen-bond acceptors (Lipinski definition) is 4. The summed E-state index contributed by atoms with van der Waals surface area (Å²) in [7, 11) is -0.764. The molecule has 0 aliphatic carbocycles. The number of nitrogens with two attached hydrogens (primary N) is 1. The lowest BCUT2D eigenvalue weighted by atomic mass is 10.1. The molecular weight excluding hydrogens is 212 g/mol. The van der Waals surface area contributed by atoms with E-state index < -0.39 is 9.84 Å². The molecule has 2 N–H and O–H groups in total. The Bertz CT molecular complexity index is 290. The van der Waals surface area contributed by atoms with Crippen molar-refractivity contribution in [2.45, 2.75) is 38.3 Å². The molecule has 1 saturated heterocycles. The molecule has 0 aromatic rings. The average molecular weight is 234 g/mol. The molecule has 1 heterocycles. The number of sulfone groups is 1. The van der Waals surface area contributed by atoms with Gasteiger partial charge in [-0.3, -0.25) is 0 Å². The van der Waals surface area contributed by atoms with Gasteiger partial charge < -0.3 is 10.6 Å². The molecule has 5 heteroatoms. The third-order valence-corrected chi connectivity index (χ3v) is 4.96. The van der Waals surface area contributed by atoms with Crippen molar-refractivity contribution in [2.24, 2.45) is 5.73 Å². The third-order valence-electron chi connectivity index (χ3n) is 3.21. The SMILES string of the molecule is CCC(N)CCN(C)C1CCS(=O)(=O)C1. The Balaban J connectivity index is 2.32. The summed E-state index contributed by atoms with van der Waals surface area (Å²) in [5.41, 5.74) is 5.83. The smallest absolute Gasteiger partial charge is 0.151 e. The van der Waals surface area contributed by atoms with Gasteiger partial charge in [-0.1, -0.05) is 6.92 Å². The fourth-order valence-electron chi connectivity index (χ4n) is 1.88. The topological polar surface area (TPSA) is 63.4 Å². The zero-order chi connectivity index (χ0) is 11.5. The molecule has 0 spiro atoms. The lowest BCUT2D eigenvalue weighted by molar-refractivity contribution is 0.251. The summed E-state index contributed by atoms with van der Waals surface area (Å²) in [6.07, 6.45) is 2.71. The maximum atomic E-state index is 11.3. The lowest BCUT2D eigenvalue weighted by Gasteiger charge is -2.24. The van der Waals surface area contributed by atoms with Crippen molar-refractivity contribution < 1.29 is 8.42 Å². The molecule has 90 valence electrons. The van der Waals surface area contributed by atoms with Crippen LogP contribution in [0.4, 0.5) is 0 Å². The molecular formula is C10H22N2O2S. The van der Waals surface area contributed by atoms with E-state index in [9.17, 15) is 8.42 Å². The van der Waals surface area contributed by atoms with Crippen molar-refractivity contribution in [3.63, 3.8) is 0 Å². The van der Waals surface area contributed by atoms with Gasteiger partial charge in [0.1, 0.15) is 0 Å². The van der Waals surface area contributed by atoms with Gasteiger partial charge in [0, 0.05) is 12.1 Å². The summed E-state index contributed by atoms with van der Waals surface area (Å²) in [5, 5.41) is 0. The van der Waals surface area contributed by atoms with Crippen LogP contribution in [-0.4, -0.2) is 50.5 Å². The molecule has 1 aliphatic heterocycles. The van der Waals surface area contributed by atoms with Crippen LogP contribution in [0.1, 0.15) is 26.2 Å². The fraction of sp³-hybridized carbons (Fsp3) is 1.00. The first-order valence-corrected chi connectivity index (χ1v) is 7.43. The summed E-state index contributed by atoms with van der Waals surface area (Å²) >= 11 is 0. The second kappa shape index (κ2) is 5.27. The molecule has 15 heavy (non-hydrogen) atoms. The van der Waals surface area contributed by atoms with E-state index in [4.69, 9.17) is 5.73 Å². The molecule has 1 rings (SSSR count). The maximum absolute atomic E-state index is 11.3. The quantitative estimate of drug-likeness (QED) is 0.740. The van der Waals surface area contributed by atoms with E-state index >= 15 is 0 Å². The van der Waals surface area contributed by atoms with Gasteiger partial charge in [-0.05, 0) is 32.9 Å². The Labute approximate surface area is 92.7 Å². The third kappa shape index (κ3) is 4.09. The number of nitrogens with zero attached hydrogens (tertiary/aromatic N) is 1. The van der Waals surface area contributed by atoms with Gasteiger partial charge >= 0.3 is 0 Å². The number of hydrogen-bond donors (Lipinski definition) is 1. The predicted molar refractivity (Wildman–Crippen MR) is 62.6 cm³/mol. The largest absolute Gasteiger partial charge is 0.328 e. The first-order chi connectivity index (χ1) is 6.94. The van der Waals surface area contributed by atoms with Gasteiger partial charge in [0.15, 0.2) is 9.84 Å². The van der Waals surface area contributed by atoms with Crippen LogP contribution in [0.3, 0.4) is 0 Å². The van der Waals surface area contributed by atoms with E-state index in [1.54, 1.807) is 0 Å². The van der Waals surface area contributed by atoms with Crippen molar-refractivity contribution in [3.05, 3.63) is 0 Å². The first-order valence-electron chi connectivity index (χ1n) is 5.61. The summed E-state index contributed by atoms with van der Waals surface area (Å²) in [4.78, 5) is 2.14. The highest BCUT2D eigenvalue weighted by Crippen LogP contribution is 2.16. The van der Waals surface area contributed by atoms with Gasteiger partial charge in [-0.15, -0.1) is 0 Å². The summed E-state index contributed by atoms with van der Waals surface area (Å²) in [5.74, 6) is 0.673. The summed E-state index contributed by atoms with van der Waals surface area (Å²) in [6, 6.07) is 0.449. The van der Waals surface area contributed by atoms with Gasteiger partial charge in [0.25, 0.3) is 0 Å². The molecule has 0 bridgehead atoms. The van der Waals surface area contributed by atoms with E-state index in [-0.39, 0.29) is 12.1 Å². The average Bonchev–Trinajstić information content (AvgIpc) is 2.54. The Morgan fingerprint density at radius 3 is 2.67 bits per heavy atom. The van der Waals surface area contributed by atoms with Crippen LogP contribution in [-0.2, 0) is 9.84 Å². The van der Waals surface area contributed by atoms with Crippen molar-refractivity contribution >= 4 is 9.84 Å². The van der Waals surface area contributed by atoms with Crippen LogP contribution in [0.15, 0.2) is 0 Å². The number of rotatable bonds is 5. The van der Waals surface area contributed by atoms with Crippen LogP contribution < -0.4 is 5.73 Å². The van der Waals surface area contributed by atoms with Gasteiger partial charge in [-0.2, -0.15) is 0 Å². The van der Waals surface area contributed by atoms with Crippen LogP contribution in [0.25, 0.3) is 0 Å². The normalized spacial score (nSPS) is 27.1. The minimum atomic E-state index is -2.76. The second-order valence-electron chi connectivity index (χ2n) is 4.49. The van der Waals surface area contributed by atoms with E-state index in [2.05, 4.69) is 11.8 Å². The molecule has 0 aromatic carbocycles. The minimum Gasteiger partial charge on any atom is -0.328 e. The molecule has 1 fully saturated rings. The van der Waals surface area contributed by atoms with Crippen molar-refractivity contribution in [2.75, 3.05) is 25.1 Å². The highest BCUT2D eigenvalue weighted by Gasteiger charge is 2.30. The fourth-order valence-corrected chi connectivity index (χ4v) is 3.68. The summed E-state index contributed by atoms with van der Waals surface area (Å²) < 4.78 is 22.6. The second-order valence-corrected chi connectivity index (χ2v) is 6.72. The minimum absolute atomic E-state index is 0.207. The molecule has 4 nitrogen and oxygen atoms in total. The van der Waals surface area contributed by atoms with Crippen molar-refractivity contribution in [1.29, 1.82) is 0 Å². The Hall–Kier alpha value is -0.130. The van der Waals surface area contributed by atoms with E-state index in [0.717, 1.165) is 25.8 Å². The predicted octanol–water partition coefficient (Wildman–Crippen LogP) is 0.233. The van der Waals surface area contributed by atoms with Crippen LogP contribution in [0.2, 0.25) is 0 Å². The lowest BCUT2D eigenvalue weighted by Crippen LogP contribution is -2.36. The van der Waals surface area contributed by atoms with Crippen molar-refractivity contribution in [1.82, 2.24) is 4.90 Å². The standard InChI is InChI=1S/C10H22N2O2S/c1-3-9(11)4-6-12(2)10-5-7-15(13,14)8-10/h9-10H,3-8,11H2,1-2H3. The summed E-state index contributed by atoms with van der Waals surface area (Å²) in [6.45, 7) is 2.97. The molecule has 0 amide bonds. The molecule has 0 saturated carbocycles. The monoisotopic (exact) mass is 234 g/mol. The van der Waals surface area contributed by atoms with Crippen LogP contribution >= 0.6 is 0 Å². The first kappa shape index (κ1) is 12.9. The highest BCUT2D eigenvalue weighted by molar-refractivity contribution is 7.91.